The van der Waals surface area contributed by atoms with Crippen LogP contribution in [0.4, 0.5) is 19.0 Å². The van der Waals surface area contributed by atoms with Gasteiger partial charge in [0.1, 0.15) is 12.0 Å². The number of benzene rings is 2. The molecular weight excluding hydrogens is 531 g/mol. The molecule has 2 aromatic carbocycles. The van der Waals surface area contributed by atoms with Crippen LogP contribution < -0.4 is 26.2 Å². The van der Waals surface area contributed by atoms with E-state index in [0.717, 1.165) is 45.1 Å². The van der Waals surface area contributed by atoms with Gasteiger partial charge < -0.3 is 0 Å². The van der Waals surface area contributed by atoms with Crippen molar-refractivity contribution in [3.63, 3.8) is 0 Å². The normalized spacial score (nSPS) is 16.6. The Morgan fingerprint density at radius 3 is 2.26 bits per heavy atom. The molecule has 202 valence electrons. The fourth-order valence-electron chi connectivity index (χ4n) is 4.63. The third kappa shape index (κ3) is 5.06. The smallest absolute Gasteiger partial charge is 0.259 e. The average Bonchev–Trinajstić information content (AvgIpc) is 3.62. The minimum Gasteiger partial charge on any atom is -0.259 e. The molecule has 2 aliphatic rings. The molecule has 2 fully saturated rings. The summed E-state index contributed by atoms with van der Waals surface area (Å²) >= 11 is 0. The van der Waals surface area contributed by atoms with E-state index < -0.39 is 21.8 Å². The van der Waals surface area contributed by atoms with E-state index in [1.807, 2.05) is 24.3 Å². The van der Waals surface area contributed by atoms with Crippen molar-refractivity contribution in [2.45, 2.75) is 42.5 Å². The highest BCUT2D eigenvalue weighted by Crippen LogP contribution is 2.47. The first kappa shape index (κ1) is 25.6. The molecule has 6 rings (SSSR count). The molecule has 1 saturated heterocycles. The molecule has 2 aromatic heterocycles. The zero-order chi connectivity index (χ0) is 27.2. The largest absolute Gasteiger partial charge is 0.417 e. The number of alkyl halides is 3. The number of nitrogens with zero attached hydrogens (tertiary/aromatic N) is 3. The molecule has 1 aliphatic carbocycles. The first-order valence-electron chi connectivity index (χ1n) is 12.3. The molecule has 9 nitrogen and oxygen atoms in total. The molecule has 3 heterocycles. The van der Waals surface area contributed by atoms with Gasteiger partial charge in [0.15, 0.2) is 0 Å². The van der Waals surface area contributed by atoms with Gasteiger partial charge in [-0.25, -0.2) is 28.6 Å². The Bertz CT molecular complexity index is 1600. The summed E-state index contributed by atoms with van der Waals surface area (Å²) in [6.07, 6.45) is -0.696. The second-order valence-electron chi connectivity index (χ2n) is 9.45. The van der Waals surface area contributed by atoms with E-state index in [2.05, 4.69) is 31.9 Å². The lowest BCUT2D eigenvalue weighted by Gasteiger charge is -2.26. The molecule has 0 bridgehead atoms. The highest BCUT2D eigenvalue weighted by atomic mass is 32.2. The molecule has 0 spiro atoms. The van der Waals surface area contributed by atoms with Crippen LogP contribution in [0.25, 0.3) is 10.8 Å². The zero-order valence-corrected chi connectivity index (χ0v) is 21.2. The van der Waals surface area contributed by atoms with E-state index in [1.165, 1.54) is 18.2 Å². The molecule has 13 heteroatoms. The minimum atomic E-state index is -4.55. The number of anilines is 1. The SMILES string of the molecule is O=S(=O)(c1ccc(C2NNNN2)cc1)N(Cc1ccc(C(F)(F)F)cn1)c1ncc2ccccc2c1C1CC1. The number of halogens is 3. The molecule has 0 amide bonds. The predicted octanol–water partition coefficient (Wildman–Crippen LogP) is 4.04. The van der Waals surface area contributed by atoms with Crippen molar-refractivity contribution in [1.29, 1.82) is 0 Å². The first-order valence-corrected chi connectivity index (χ1v) is 13.7. The Kier molecular flexibility index (Phi) is 6.47. The summed E-state index contributed by atoms with van der Waals surface area (Å²) < 4.78 is 68.8. The maximum atomic E-state index is 14.1. The van der Waals surface area contributed by atoms with E-state index in [9.17, 15) is 21.6 Å². The highest BCUT2D eigenvalue weighted by Gasteiger charge is 2.36. The summed E-state index contributed by atoms with van der Waals surface area (Å²) in [5.74, 6) is 0.397. The number of hydrogen-bond acceptors (Lipinski definition) is 8. The van der Waals surface area contributed by atoms with Gasteiger partial charge in [-0.15, -0.1) is 0 Å². The lowest BCUT2D eigenvalue weighted by atomic mass is 10.0. The topological polar surface area (TPSA) is 111 Å². The van der Waals surface area contributed by atoms with Gasteiger partial charge in [0.05, 0.1) is 22.7 Å². The van der Waals surface area contributed by atoms with Gasteiger partial charge >= 0.3 is 6.18 Å². The van der Waals surface area contributed by atoms with Crippen LogP contribution in [-0.4, -0.2) is 18.4 Å². The Morgan fingerprint density at radius 2 is 1.62 bits per heavy atom. The second-order valence-corrected chi connectivity index (χ2v) is 11.3. The summed E-state index contributed by atoms with van der Waals surface area (Å²) in [6, 6.07) is 16.1. The van der Waals surface area contributed by atoms with E-state index in [1.54, 1.807) is 18.3 Å². The van der Waals surface area contributed by atoms with E-state index in [0.29, 0.717) is 6.20 Å². The van der Waals surface area contributed by atoms with Gasteiger partial charge in [-0.2, -0.15) is 24.2 Å². The van der Waals surface area contributed by atoms with Crippen molar-refractivity contribution in [2.24, 2.45) is 0 Å². The van der Waals surface area contributed by atoms with Crippen molar-refractivity contribution in [3.05, 3.63) is 95.4 Å². The van der Waals surface area contributed by atoms with Crippen LogP contribution in [0.2, 0.25) is 0 Å². The number of fused-ring (bicyclic) bond motifs is 1. The monoisotopic (exact) mass is 555 g/mol. The Morgan fingerprint density at radius 1 is 0.897 bits per heavy atom. The number of sulfonamides is 1. The summed E-state index contributed by atoms with van der Waals surface area (Å²) in [7, 11) is -4.19. The van der Waals surface area contributed by atoms with Crippen LogP contribution >= 0.6 is 0 Å². The van der Waals surface area contributed by atoms with E-state index in [4.69, 9.17) is 0 Å². The van der Waals surface area contributed by atoms with Gasteiger partial charge in [0.25, 0.3) is 10.0 Å². The molecule has 39 heavy (non-hydrogen) atoms. The lowest BCUT2D eigenvalue weighted by molar-refractivity contribution is -0.137. The summed E-state index contributed by atoms with van der Waals surface area (Å²) in [5.41, 5.74) is 12.2. The van der Waals surface area contributed by atoms with Gasteiger partial charge in [0, 0.05) is 23.3 Å². The highest BCUT2D eigenvalue weighted by molar-refractivity contribution is 7.92. The van der Waals surface area contributed by atoms with E-state index in [-0.39, 0.29) is 35.0 Å². The van der Waals surface area contributed by atoms with Gasteiger partial charge in [-0.1, -0.05) is 36.4 Å². The maximum absolute atomic E-state index is 14.1. The van der Waals surface area contributed by atoms with Gasteiger partial charge in [0.2, 0.25) is 0 Å². The Labute approximate surface area is 222 Å². The minimum absolute atomic E-state index is 0.0220. The number of hydrazine groups is 3. The number of hydrogen-bond donors (Lipinski definition) is 4. The number of aromatic nitrogens is 2. The Balaban J connectivity index is 1.45. The summed E-state index contributed by atoms with van der Waals surface area (Å²) in [4.78, 5) is 8.57. The summed E-state index contributed by atoms with van der Waals surface area (Å²) in [5, 5.41) is 1.79. The van der Waals surface area contributed by atoms with Crippen LogP contribution in [0.15, 0.2) is 78.0 Å². The maximum Gasteiger partial charge on any atom is 0.417 e. The molecular formula is C26H24F3N7O2S. The third-order valence-corrected chi connectivity index (χ3v) is 8.54. The lowest BCUT2D eigenvalue weighted by Crippen LogP contribution is -2.33. The van der Waals surface area contributed by atoms with Crippen LogP contribution in [0.1, 0.15) is 47.3 Å². The predicted molar refractivity (Wildman–Crippen MR) is 138 cm³/mol. The van der Waals surface area contributed by atoms with Crippen molar-refractivity contribution in [2.75, 3.05) is 4.31 Å². The standard InChI is InChI=1S/C26H24F3N7O2S/c27-26(28,29)19-9-10-20(30-14-19)15-36(25-23(16-5-6-16)22-4-2-1-3-18(22)13-31-25)39(37,38)21-11-7-17(8-12-21)24-32-34-35-33-24/h1-4,7-14,16,24,32-35H,5-6,15H2. The molecule has 0 radical (unpaired) electrons. The van der Waals surface area contributed by atoms with Crippen LogP contribution in [0, 0.1) is 0 Å². The van der Waals surface area contributed by atoms with Crippen LogP contribution in [-0.2, 0) is 22.7 Å². The molecule has 4 aromatic rings. The Hall–Kier alpha value is -3.62. The van der Waals surface area contributed by atoms with Gasteiger partial charge in [-0.05, 0) is 54.0 Å². The van der Waals surface area contributed by atoms with Crippen molar-refractivity contribution < 1.29 is 21.6 Å². The molecule has 0 unspecified atom stereocenters. The molecule has 1 saturated carbocycles. The van der Waals surface area contributed by atoms with Gasteiger partial charge in [-0.3, -0.25) is 4.98 Å². The molecule has 1 aliphatic heterocycles. The third-order valence-electron chi connectivity index (χ3n) is 6.79. The van der Waals surface area contributed by atoms with Crippen LogP contribution in [0.3, 0.4) is 0 Å². The zero-order valence-electron chi connectivity index (χ0n) is 20.4. The number of pyridine rings is 2. The van der Waals surface area contributed by atoms with Crippen LogP contribution in [0.5, 0.6) is 0 Å². The first-order chi connectivity index (χ1) is 18.7. The second kappa shape index (κ2) is 9.84. The fourth-order valence-corrected chi connectivity index (χ4v) is 6.04. The average molecular weight is 556 g/mol. The van der Waals surface area contributed by atoms with Crippen molar-refractivity contribution >= 4 is 26.6 Å². The fraction of sp³-hybridized carbons (Fsp3) is 0.231. The molecule has 0 atom stereocenters. The van der Waals surface area contributed by atoms with Crippen molar-refractivity contribution in [3.8, 4) is 0 Å². The number of rotatable bonds is 7. The molecule has 4 N–H and O–H groups in total. The number of nitrogens with one attached hydrogen (secondary N) is 4. The summed E-state index contributed by atoms with van der Waals surface area (Å²) in [6.45, 7) is -0.285. The van der Waals surface area contributed by atoms with E-state index >= 15 is 0 Å². The quantitative estimate of drug-likeness (QED) is 0.271. The van der Waals surface area contributed by atoms with Crippen molar-refractivity contribution in [1.82, 2.24) is 31.9 Å².